The molecule has 0 fully saturated rings. The van der Waals surface area contributed by atoms with Crippen LogP contribution in [0.3, 0.4) is 0 Å². The Morgan fingerprint density at radius 2 is 2.00 bits per heavy atom. The van der Waals surface area contributed by atoms with Gasteiger partial charge in [-0.2, -0.15) is 0 Å². The summed E-state index contributed by atoms with van der Waals surface area (Å²) in [6.07, 6.45) is 0.951. The number of benzene rings is 1. The van der Waals surface area contributed by atoms with Crippen molar-refractivity contribution >= 4 is 34.8 Å². The third kappa shape index (κ3) is 8.62. The number of hydrogen-bond acceptors (Lipinski definition) is 3. The SMILES string of the molecule is Cc1cc(Cl)ccc1OCCCC(=O)NNC(=S)NC(C)(C)C. The monoisotopic (exact) mass is 357 g/mol. The largest absolute Gasteiger partial charge is 0.493 e. The van der Waals surface area contributed by atoms with E-state index in [0.29, 0.717) is 29.6 Å². The summed E-state index contributed by atoms with van der Waals surface area (Å²) in [5.74, 6) is 0.642. The molecule has 0 atom stereocenters. The summed E-state index contributed by atoms with van der Waals surface area (Å²) in [6, 6.07) is 5.45. The molecule has 0 radical (unpaired) electrons. The molecule has 0 heterocycles. The van der Waals surface area contributed by atoms with E-state index in [0.717, 1.165) is 11.3 Å². The van der Waals surface area contributed by atoms with Gasteiger partial charge in [-0.3, -0.25) is 15.6 Å². The van der Waals surface area contributed by atoms with E-state index >= 15 is 0 Å². The molecule has 7 heteroatoms. The molecule has 128 valence electrons. The number of hydrazine groups is 1. The number of hydrogen-bond donors (Lipinski definition) is 3. The Balaban J connectivity index is 2.20. The second-order valence-electron chi connectivity index (χ2n) is 6.24. The van der Waals surface area contributed by atoms with Gasteiger partial charge in [-0.1, -0.05) is 11.6 Å². The van der Waals surface area contributed by atoms with Crippen molar-refractivity contribution in [3.05, 3.63) is 28.8 Å². The number of carbonyl (C=O) groups is 1. The highest BCUT2D eigenvalue weighted by atomic mass is 35.5. The first-order valence-corrected chi connectivity index (χ1v) is 8.22. The van der Waals surface area contributed by atoms with Crippen LogP contribution in [-0.2, 0) is 4.79 Å². The molecule has 0 aliphatic carbocycles. The van der Waals surface area contributed by atoms with E-state index in [1.165, 1.54) is 0 Å². The van der Waals surface area contributed by atoms with Crippen LogP contribution in [0.15, 0.2) is 18.2 Å². The number of aryl methyl sites for hydroxylation is 1. The molecule has 3 N–H and O–H groups in total. The van der Waals surface area contributed by atoms with Gasteiger partial charge >= 0.3 is 0 Å². The number of amides is 1. The van der Waals surface area contributed by atoms with Gasteiger partial charge in [0.05, 0.1) is 6.61 Å². The number of rotatable bonds is 5. The fourth-order valence-corrected chi connectivity index (χ4v) is 2.33. The third-order valence-electron chi connectivity index (χ3n) is 2.75. The number of ether oxygens (including phenoxy) is 1. The summed E-state index contributed by atoms with van der Waals surface area (Å²) >= 11 is 11.0. The summed E-state index contributed by atoms with van der Waals surface area (Å²) in [7, 11) is 0. The predicted octanol–water partition coefficient (Wildman–Crippen LogP) is 3.10. The summed E-state index contributed by atoms with van der Waals surface area (Å²) in [4.78, 5) is 11.7. The van der Waals surface area contributed by atoms with Gasteiger partial charge in [-0.15, -0.1) is 0 Å². The van der Waals surface area contributed by atoms with Crippen molar-refractivity contribution in [1.29, 1.82) is 0 Å². The van der Waals surface area contributed by atoms with Crippen LogP contribution in [-0.4, -0.2) is 23.2 Å². The third-order valence-corrected chi connectivity index (χ3v) is 3.19. The minimum absolute atomic E-state index is 0.139. The van der Waals surface area contributed by atoms with Crippen molar-refractivity contribution in [2.24, 2.45) is 0 Å². The van der Waals surface area contributed by atoms with Crippen LogP contribution in [0.25, 0.3) is 0 Å². The van der Waals surface area contributed by atoms with Gasteiger partial charge in [-0.25, -0.2) is 0 Å². The van der Waals surface area contributed by atoms with Crippen LogP contribution in [0.5, 0.6) is 5.75 Å². The van der Waals surface area contributed by atoms with Crippen LogP contribution in [0, 0.1) is 6.92 Å². The van der Waals surface area contributed by atoms with Crippen LogP contribution in [0.2, 0.25) is 5.02 Å². The predicted molar refractivity (Wildman–Crippen MR) is 97.7 cm³/mol. The lowest BCUT2D eigenvalue weighted by Gasteiger charge is -2.23. The van der Waals surface area contributed by atoms with Crippen LogP contribution in [0.4, 0.5) is 0 Å². The van der Waals surface area contributed by atoms with Gasteiger partial charge < -0.3 is 10.1 Å². The zero-order valence-corrected chi connectivity index (χ0v) is 15.5. The van der Waals surface area contributed by atoms with Gasteiger partial charge in [0.1, 0.15) is 5.75 Å². The second kappa shape index (κ2) is 8.93. The van der Waals surface area contributed by atoms with Gasteiger partial charge in [0.15, 0.2) is 5.11 Å². The Kier molecular flexibility index (Phi) is 7.58. The zero-order chi connectivity index (χ0) is 17.5. The maximum Gasteiger partial charge on any atom is 0.238 e. The minimum atomic E-state index is -0.154. The average molecular weight is 358 g/mol. The molecule has 23 heavy (non-hydrogen) atoms. The molecule has 0 saturated carbocycles. The molecule has 0 aliphatic rings. The van der Waals surface area contributed by atoms with Gasteiger partial charge in [-0.05, 0) is 70.1 Å². The van der Waals surface area contributed by atoms with Gasteiger partial charge in [0.2, 0.25) is 5.91 Å². The Labute approximate surface area is 148 Å². The molecule has 1 aromatic rings. The molecule has 5 nitrogen and oxygen atoms in total. The number of nitrogens with one attached hydrogen (secondary N) is 3. The highest BCUT2D eigenvalue weighted by molar-refractivity contribution is 7.80. The molecule has 0 unspecified atom stereocenters. The fourth-order valence-electron chi connectivity index (χ4n) is 1.75. The van der Waals surface area contributed by atoms with Crippen molar-refractivity contribution in [2.45, 2.75) is 46.1 Å². The van der Waals surface area contributed by atoms with E-state index in [2.05, 4.69) is 16.2 Å². The van der Waals surface area contributed by atoms with Crippen molar-refractivity contribution in [3.63, 3.8) is 0 Å². The van der Waals surface area contributed by atoms with Crippen molar-refractivity contribution < 1.29 is 9.53 Å². The van der Waals surface area contributed by atoms with E-state index in [1.54, 1.807) is 6.07 Å². The maximum atomic E-state index is 11.7. The first-order chi connectivity index (χ1) is 10.7. The molecule has 1 aromatic carbocycles. The molecule has 0 saturated heterocycles. The summed E-state index contributed by atoms with van der Waals surface area (Å²) in [6.45, 7) is 8.35. The van der Waals surface area contributed by atoms with Crippen molar-refractivity contribution in [2.75, 3.05) is 6.61 Å². The molecule has 1 rings (SSSR count). The summed E-state index contributed by atoms with van der Waals surface area (Å²) < 4.78 is 5.64. The smallest absolute Gasteiger partial charge is 0.238 e. The van der Waals surface area contributed by atoms with E-state index in [-0.39, 0.29) is 11.4 Å². The molecule has 0 aromatic heterocycles. The molecular formula is C16H24ClN3O2S. The van der Waals surface area contributed by atoms with Crippen LogP contribution < -0.4 is 20.9 Å². The number of thiocarbonyl (C=S) groups is 1. The Hall–Kier alpha value is -1.53. The number of carbonyl (C=O) groups excluding carboxylic acids is 1. The van der Waals surface area contributed by atoms with Crippen LogP contribution in [0.1, 0.15) is 39.2 Å². The normalized spacial score (nSPS) is 10.8. The van der Waals surface area contributed by atoms with Gasteiger partial charge in [0, 0.05) is 17.0 Å². The van der Waals surface area contributed by atoms with E-state index in [4.69, 9.17) is 28.6 Å². The van der Waals surface area contributed by atoms with E-state index in [1.807, 2.05) is 39.8 Å². The standard InChI is InChI=1S/C16H24ClN3O2S/c1-11-10-12(17)7-8-13(11)22-9-5-6-14(21)19-20-15(23)18-16(2,3)4/h7-8,10H,5-6,9H2,1-4H3,(H,19,21)(H2,18,20,23). The maximum absolute atomic E-state index is 11.7. The molecular weight excluding hydrogens is 334 g/mol. The molecule has 1 amide bonds. The molecule has 0 aliphatic heterocycles. The lowest BCUT2D eigenvalue weighted by atomic mass is 10.1. The summed E-state index contributed by atoms with van der Waals surface area (Å²) in [5.41, 5.74) is 6.06. The first-order valence-electron chi connectivity index (χ1n) is 7.43. The van der Waals surface area contributed by atoms with E-state index in [9.17, 15) is 4.79 Å². The Morgan fingerprint density at radius 3 is 2.61 bits per heavy atom. The Morgan fingerprint density at radius 1 is 1.30 bits per heavy atom. The minimum Gasteiger partial charge on any atom is -0.493 e. The van der Waals surface area contributed by atoms with Crippen molar-refractivity contribution in [3.8, 4) is 5.75 Å². The fraction of sp³-hybridized carbons (Fsp3) is 0.500. The zero-order valence-electron chi connectivity index (χ0n) is 14.0. The average Bonchev–Trinajstić information content (AvgIpc) is 2.41. The topological polar surface area (TPSA) is 62.4 Å². The highest BCUT2D eigenvalue weighted by Gasteiger charge is 2.11. The quantitative estimate of drug-likeness (QED) is 0.429. The van der Waals surface area contributed by atoms with Gasteiger partial charge in [0.25, 0.3) is 0 Å². The van der Waals surface area contributed by atoms with E-state index < -0.39 is 0 Å². The lowest BCUT2D eigenvalue weighted by Crippen LogP contribution is -2.52. The van der Waals surface area contributed by atoms with Crippen molar-refractivity contribution in [1.82, 2.24) is 16.2 Å². The number of halogens is 1. The highest BCUT2D eigenvalue weighted by Crippen LogP contribution is 2.21. The molecule has 0 spiro atoms. The van der Waals surface area contributed by atoms with Crippen LogP contribution >= 0.6 is 23.8 Å². The molecule has 0 bridgehead atoms. The lowest BCUT2D eigenvalue weighted by molar-refractivity contribution is -0.121. The Bertz CT molecular complexity index is 559. The second-order valence-corrected chi connectivity index (χ2v) is 7.08. The summed E-state index contributed by atoms with van der Waals surface area (Å²) in [5, 5.41) is 4.11. The first kappa shape index (κ1) is 19.5.